The maximum atomic E-state index is 12.4. The van der Waals surface area contributed by atoms with E-state index in [0.29, 0.717) is 11.4 Å². The number of nitrogen functional groups attached to an aromatic ring is 1. The van der Waals surface area contributed by atoms with Crippen LogP contribution in [0.1, 0.15) is 36.2 Å². The Bertz CT molecular complexity index is 438. The van der Waals surface area contributed by atoms with Crippen LogP contribution >= 0.6 is 0 Å². The number of carbonyl (C=O) groups is 1. The van der Waals surface area contributed by atoms with Crippen molar-refractivity contribution in [1.82, 2.24) is 9.88 Å². The number of amides is 1. The van der Waals surface area contributed by atoms with E-state index >= 15 is 0 Å². The molecule has 6 nitrogen and oxygen atoms in total. The Morgan fingerprint density at radius 2 is 2.47 bits per heavy atom. The molecular weight excluding hydrogens is 244 g/mol. The molecular formula is C13H20N4O2. The summed E-state index contributed by atoms with van der Waals surface area (Å²) in [5, 5.41) is 8.90. The van der Waals surface area contributed by atoms with E-state index in [2.05, 4.69) is 10.4 Å². The number of carbonyl (C=O) groups excluding carboxylic acids is 1. The summed E-state index contributed by atoms with van der Waals surface area (Å²) >= 11 is 0. The van der Waals surface area contributed by atoms with Crippen molar-refractivity contribution in [2.75, 3.05) is 18.6 Å². The van der Waals surface area contributed by atoms with Gasteiger partial charge < -0.3 is 15.4 Å². The van der Waals surface area contributed by atoms with Gasteiger partial charge in [-0.1, -0.05) is 0 Å². The Kier molecular flexibility index (Phi) is 4.70. The number of anilines is 1. The summed E-state index contributed by atoms with van der Waals surface area (Å²) < 4.78 is 0. The lowest BCUT2D eigenvalue weighted by molar-refractivity contribution is 0.0718. The second-order valence-corrected chi connectivity index (χ2v) is 4.73. The Hall–Kier alpha value is -1.66. The summed E-state index contributed by atoms with van der Waals surface area (Å²) in [6.07, 6.45) is 5.15. The molecule has 1 atom stereocenters. The Morgan fingerprint density at radius 1 is 1.63 bits per heavy atom. The predicted octanol–water partition coefficient (Wildman–Crippen LogP) is 0.744. The van der Waals surface area contributed by atoms with Gasteiger partial charge in [-0.25, -0.2) is 0 Å². The number of likely N-dealkylation sites (tertiary alicyclic amines) is 1. The van der Waals surface area contributed by atoms with Crippen LogP contribution in [0, 0.1) is 0 Å². The molecule has 1 unspecified atom stereocenters. The summed E-state index contributed by atoms with van der Waals surface area (Å²) in [5.74, 6) is 5.28. The van der Waals surface area contributed by atoms with Gasteiger partial charge in [0.25, 0.3) is 5.91 Å². The zero-order valence-electron chi connectivity index (χ0n) is 10.9. The highest BCUT2D eigenvalue weighted by atomic mass is 16.3. The van der Waals surface area contributed by atoms with Gasteiger partial charge in [0.15, 0.2) is 0 Å². The molecule has 1 saturated heterocycles. The van der Waals surface area contributed by atoms with Crippen molar-refractivity contribution in [3.05, 3.63) is 24.0 Å². The molecule has 1 aliphatic heterocycles. The van der Waals surface area contributed by atoms with Crippen LogP contribution in [0.15, 0.2) is 18.3 Å². The van der Waals surface area contributed by atoms with E-state index in [1.54, 1.807) is 18.3 Å². The molecule has 6 heteroatoms. The Balaban J connectivity index is 2.09. The number of nitrogens with two attached hydrogens (primary N) is 1. The van der Waals surface area contributed by atoms with Crippen LogP contribution in [0.3, 0.4) is 0 Å². The topological polar surface area (TPSA) is 91.5 Å². The van der Waals surface area contributed by atoms with Crippen molar-refractivity contribution < 1.29 is 9.90 Å². The summed E-state index contributed by atoms with van der Waals surface area (Å²) in [4.78, 5) is 18.4. The van der Waals surface area contributed by atoms with Gasteiger partial charge in [0.2, 0.25) is 0 Å². The summed E-state index contributed by atoms with van der Waals surface area (Å²) in [6, 6.07) is 3.59. The molecule has 19 heavy (non-hydrogen) atoms. The van der Waals surface area contributed by atoms with Crippen LogP contribution in [-0.2, 0) is 0 Å². The smallest absolute Gasteiger partial charge is 0.272 e. The minimum absolute atomic E-state index is 0.0578. The molecule has 0 spiro atoms. The fourth-order valence-electron chi connectivity index (χ4n) is 2.51. The number of aliphatic hydroxyl groups excluding tert-OH is 1. The molecule has 104 valence electrons. The molecule has 1 aliphatic rings. The highest BCUT2D eigenvalue weighted by Crippen LogP contribution is 2.23. The third-order valence-corrected chi connectivity index (χ3v) is 3.48. The normalized spacial score (nSPS) is 18.6. The van der Waals surface area contributed by atoms with Gasteiger partial charge in [-0.05, 0) is 37.8 Å². The highest BCUT2D eigenvalue weighted by molar-refractivity contribution is 5.93. The van der Waals surface area contributed by atoms with Gasteiger partial charge >= 0.3 is 0 Å². The number of hydrogen-bond acceptors (Lipinski definition) is 5. The van der Waals surface area contributed by atoms with Gasteiger partial charge in [-0.2, -0.15) is 0 Å². The zero-order chi connectivity index (χ0) is 13.7. The molecule has 1 aromatic rings. The lowest BCUT2D eigenvalue weighted by Gasteiger charge is -2.24. The second kappa shape index (κ2) is 6.49. The molecule has 0 radical (unpaired) electrons. The minimum Gasteiger partial charge on any atom is -0.396 e. The van der Waals surface area contributed by atoms with E-state index in [1.165, 1.54) is 0 Å². The SMILES string of the molecule is NNc1ccnc(C(=O)N2CCCC2CCCO)c1. The lowest BCUT2D eigenvalue weighted by Crippen LogP contribution is -2.36. The molecule has 4 N–H and O–H groups in total. The van der Waals surface area contributed by atoms with Crippen LogP contribution in [0.4, 0.5) is 5.69 Å². The first-order chi connectivity index (χ1) is 9.26. The molecule has 2 heterocycles. The fraction of sp³-hybridized carbons (Fsp3) is 0.538. The highest BCUT2D eigenvalue weighted by Gasteiger charge is 2.29. The van der Waals surface area contributed by atoms with E-state index in [1.807, 2.05) is 4.90 Å². The molecule has 0 bridgehead atoms. The standard InChI is InChI=1S/C13H20N4O2/c14-16-10-5-6-15-12(9-10)13(19)17-7-1-3-11(17)4-2-8-18/h5-6,9,11,18H,1-4,7-8,14H2,(H,15,16). The van der Waals surface area contributed by atoms with E-state index < -0.39 is 0 Å². The van der Waals surface area contributed by atoms with E-state index in [9.17, 15) is 4.79 Å². The average molecular weight is 264 g/mol. The van der Waals surface area contributed by atoms with Crippen molar-refractivity contribution in [2.24, 2.45) is 5.84 Å². The average Bonchev–Trinajstić information content (AvgIpc) is 2.92. The maximum Gasteiger partial charge on any atom is 0.272 e. The fourth-order valence-corrected chi connectivity index (χ4v) is 2.51. The van der Waals surface area contributed by atoms with Crippen LogP contribution in [0.2, 0.25) is 0 Å². The zero-order valence-corrected chi connectivity index (χ0v) is 10.9. The third kappa shape index (κ3) is 3.21. The van der Waals surface area contributed by atoms with Gasteiger partial charge in [0, 0.05) is 25.4 Å². The molecule has 0 aliphatic carbocycles. The van der Waals surface area contributed by atoms with Gasteiger partial charge in [-0.3, -0.25) is 15.6 Å². The van der Waals surface area contributed by atoms with Crippen molar-refractivity contribution in [2.45, 2.75) is 31.7 Å². The molecule has 1 fully saturated rings. The first-order valence-electron chi connectivity index (χ1n) is 6.60. The second-order valence-electron chi connectivity index (χ2n) is 4.73. The first-order valence-corrected chi connectivity index (χ1v) is 6.60. The third-order valence-electron chi connectivity index (χ3n) is 3.48. The summed E-state index contributed by atoms with van der Waals surface area (Å²) in [6.45, 7) is 0.931. The van der Waals surface area contributed by atoms with Crippen molar-refractivity contribution in [3.63, 3.8) is 0 Å². The number of aromatic nitrogens is 1. The molecule has 1 amide bonds. The lowest BCUT2D eigenvalue weighted by atomic mass is 10.1. The van der Waals surface area contributed by atoms with E-state index in [4.69, 9.17) is 10.9 Å². The van der Waals surface area contributed by atoms with Gasteiger partial charge in [0.1, 0.15) is 5.69 Å². The van der Waals surface area contributed by atoms with Crippen LogP contribution in [0.25, 0.3) is 0 Å². The van der Waals surface area contributed by atoms with Gasteiger partial charge in [0.05, 0.1) is 5.69 Å². The number of nitrogens with one attached hydrogen (secondary N) is 1. The molecule has 1 aromatic heterocycles. The number of hydrogen-bond donors (Lipinski definition) is 3. The monoisotopic (exact) mass is 264 g/mol. The number of aliphatic hydroxyl groups is 1. The predicted molar refractivity (Wildman–Crippen MR) is 72.4 cm³/mol. The molecule has 0 aromatic carbocycles. The number of nitrogens with zero attached hydrogens (tertiary/aromatic N) is 2. The summed E-state index contributed by atoms with van der Waals surface area (Å²) in [7, 11) is 0. The minimum atomic E-state index is -0.0578. The number of pyridine rings is 1. The summed E-state index contributed by atoms with van der Waals surface area (Å²) in [5.41, 5.74) is 3.59. The number of hydrazine groups is 1. The quantitative estimate of drug-likeness (QED) is 0.539. The van der Waals surface area contributed by atoms with Crippen molar-refractivity contribution in [3.8, 4) is 0 Å². The van der Waals surface area contributed by atoms with Crippen molar-refractivity contribution >= 4 is 11.6 Å². The van der Waals surface area contributed by atoms with Gasteiger partial charge in [-0.15, -0.1) is 0 Å². The van der Waals surface area contributed by atoms with Crippen molar-refractivity contribution in [1.29, 1.82) is 0 Å². The first kappa shape index (κ1) is 13.8. The Labute approximate surface area is 112 Å². The Morgan fingerprint density at radius 3 is 3.21 bits per heavy atom. The van der Waals surface area contributed by atoms with Crippen LogP contribution in [0.5, 0.6) is 0 Å². The largest absolute Gasteiger partial charge is 0.396 e. The van der Waals surface area contributed by atoms with E-state index in [0.717, 1.165) is 32.2 Å². The van der Waals surface area contributed by atoms with Crippen LogP contribution < -0.4 is 11.3 Å². The maximum absolute atomic E-state index is 12.4. The van der Waals surface area contributed by atoms with Crippen LogP contribution in [-0.4, -0.2) is 40.1 Å². The number of rotatable bonds is 5. The van der Waals surface area contributed by atoms with E-state index in [-0.39, 0.29) is 18.6 Å². The molecule has 2 rings (SSSR count). The molecule has 0 saturated carbocycles.